The van der Waals surface area contributed by atoms with Crippen molar-refractivity contribution in [2.75, 3.05) is 26.8 Å². The van der Waals surface area contributed by atoms with Crippen molar-refractivity contribution < 1.29 is 9.15 Å². The van der Waals surface area contributed by atoms with Crippen molar-refractivity contribution in [3.05, 3.63) is 36.3 Å². The molecule has 0 saturated carbocycles. The predicted octanol–water partition coefficient (Wildman–Crippen LogP) is 2.80. The van der Waals surface area contributed by atoms with E-state index in [9.17, 15) is 0 Å². The highest BCUT2D eigenvalue weighted by atomic mass is 16.5. The van der Waals surface area contributed by atoms with Crippen molar-refractivity contribution in [3.8, 4) is 0 Å². The Balaban J connectivity index is 2.61. The van der Waals surface area contributed by atoms with Gasteiger partial charge in [-0.15, -0.1) is 6.58 Å². The molecule has 4 nitrogen and oxygen atoms in total. The molecule has 1 N–H and O–H groups in total. The molecule has 1 heterocycles. The molecule has 0 radical (unpaired) electrons. The molecule has 0 atom stereocenters. The van der Waals surface area contributed by atoms with Crippen molar-refractivity contribution in [3.63, 3.8) is 0 Å². The topological polar surface area (TPSA) is 37.6 Å². The van der Waals surface area contributed by atoms with Crippen molar-refractivity contribution in [1.29, 1.82) is 0 Å². The van der Waals surface area contributed by atoms with E-state index >= 15 is 0 Å². The van der Waals surface area contributed by atoms with E-state index in [4.69, 9.17) is 9.15 Å². The Bertz CT molecular complexity index is 393. The Hall–Kier alpha value is -1.10. The number of rotatable bonds is 9. The molecule has 0 bridgehead atoms. The van der Waals surface area contributed by atoms with Crippen LogP contribution < -0.4 is 5.32 Å². The van der Waals surface area contributed by atoms with Crippen LogP contribution in [0.1, 0.15) is 32.1 Å². The zero-order valence-corrected chi connectivity index (χ0v) is 13.2. The summed E-state index contributed by atoms with van der Waals surface area (Å²) in [4.78, 5) is 2.29. The highest BCUT2D eigenvalue weighted by Crippen LogP contribution is 2.14. The first-order valence-electron chi connectivity index (χ1n) is 7.08. The fourth-order valence-corrected chi connectivity index (χ4v) is 1.89. The molecule has 0 saturated heterocycles. The standard InChI is InChI=1S/C16H28N2O2/c1-6-8-18(9-11-19-5)13-14-7-10-20-15(14)12-17-16(2,3)4/h6-7,10,17H,1,8-9,11-13H2,2-5H3. The second-order valence-electron chi connectivity index (χ2n) is 5.99. The minimum atomic E-state index is 0.0842. The summed E-state index contributed by atoms with van der Waals surface area (Å²) in [5.74, 6) is 1.01. The van der Waals surface area contributed by atoms with Gasteiger partial charge in [0.15, 0.2) is 0 Å². The van der Waals surface area contributed by atoms with Gasteiger partial charge in [0.25, 0.3) is 0 Å². The maximum atomic E-state index is 5.60. The second kappa shape index (κ2) is 8.25. The maximum absolute atomic E-state index is 5.60. The van der Waals surface area contributed by atoms with E-state index < -0.39 is 0 Å². The van der Waals surface area contributed by atoms with Crippen LogP contribution in [0.25, 0.3) is 0 Å². The average Bonchev–Trinajstić information content (AvgIpc) is 2.80. The van der Waals surface area contributed by atoms with Gasteiger partial charge < -0.3 is 14.5 Å². The summed E-state index contributed by atoms with van der Waals surface area (Å²) >= 11 is 0. The van der Waals surface area contributed by atoms with E-state index in [2.05, 4.69) is 37.6 Å². The molecule has 20 heavy (non-hydrogen) atoms. The van der Waals surface area contributed by atoms with Crippen LogP contribution in [-0.2, 0) is 17.8 Å². The SMILES string of the molecule is C=CCN(CCOC)Cc1ccoc1CNC(C)(C)C. The molecule has 0 amide bonds. The molecule has 0 fully saturated rings. The molecule has 0 aliphatic rings. The Morgan fingerprint density at radius 1 is 1.45 bits per heavy atom. The van der Waals surface area contributed by atoms with Crippen molar-refractivity contribution in [1.82, 2.24) is 10.2 Å². The maximum Gasteiger partial charge on any atom is 0.122 e. The Kier molecular flexibility index (Phi) is 6.99. The van der Waals surface area contributed by atoms with Gasteiger partial charge in [0.2, 0.25) is 0 Å². The first-order valence-corrected chi connectivity index (χ1v) is 7.08. The van der Waals surface area contributed by atoms with E-state index in [1.54, 1.807) is 13.4 Å². The molecule has 0 aromatic carbocycles. The summed E-state index contributed by atoms with van der Waals surface area (Å²) in [6.45, 7) is 14.3. The molecule has 0 unspecified atom stereocenters. The van der Waals surface area contributed by atoms with Crippen LogP contribution in [0.5, 0.6) is 0 Å². The quantitative estimate of drug-likeness (QED) is 0.706. The van der Waals surface area contributed by atoms with E-state index in [0.717, 1.165) is 38.5 Å². The molecule has 1 aromatic rings. The number of methoxy groups -OCH3 is 1. The summed E-state index contributed by atoms with van der Waals surface area (Å²) in [6.07, 6.45) is 3.68. The zero-order chi connectivity index (χ0) is 15.0. The van der Waals surface area contributed by atoms with Crippen LogP contribution in [0.2, 0.25) is 0 Å². The molecule has 1 rings (SSSR count). The average molecular weight is 280 g/mol. The summed E-state index contributed by atoms with van der Waals surface area (Å²) in [6, 6.07) is 2.04. The van der Waals surface area contributed by atoms with Gasteiger partial charge in [0, 0.05) is 37.8 Å². The number of hydrogen-bond donors (Lipinski definition) is 1. The fraction of sp³-hybridized carbons (Fsp3) is 0.625. The number of furan rings is 1. The number of nitrogens with one attached hydrogen (secondary N) is 1. The van der Waals surface area contributed by atoms with Crippen molar-refractivity contribution >= 4 is 0 Å². The fourth-order valence-electron chi connectivity index (χ4n) is 1.89. The molecular weight excluding hydrogens is 252 g/mol. The van der Waals surface area contributed by atoms with Gasteiger partial charge in [-0.25, -0.2) is 0 Å². The monoisotopic (exact) mass is 280 g/mol. The second-order valence-corrected chi connectivity index (χ2v) is 5.99. The highest BCUT2D eigenvalue weighted by molar-refractivity contribution is 5.17. The summed E-state index contributed by atoms with van der Waals surface area (Å²) < 4.78 is 10.7. The number of ether oxygens (including phenoxy) is 1. The van der Waals surface area contributed by atoms with E-state index in [0.29, 0.717) is 0 Å². The van der Waals surface area contributed by atoms with Gasteiger partial charge >= 0.3 is 0 Å². The Labute approximate surface area is 122 Å². The van der Waals surface area contributed by atoms with Gasteiger partial charge in [-0.3, -0.25) is 4.90 Å². The lowest BCUT2D eigenvalue weighted by atomic mass is 10.1. The zero-order valence-electron chi connectivity index (χ0n) is 13.2. The lowest BCUT2D eigenvalue weighted by Gasteiger charge is -2.22. The van der Waals surface area contributed by atoms with Gasteiger partial charge in [-0.2, -0.15) is 0 Å². The van der Waals surface area contributed by atoms with Gasteiger partial charge in [0.05, 0.1) is 19.4 Å². The van der Waals surface area contributed by atoms with Gasteiger partial charge in [-0.1, -0.05) is 6.08 Å². The van der Waals surface area contributed by atoms with Crippen LogP contribution in [0, 0.1) is 0 Å². The predicted molar refractivity (Wildman–Crippen MR) is 82.7 cm³/mol. The smallest absolute Gasteiger partial charge is 0.122 e. The summed E-state index contributed by atoms with van der Waals surface area (Å²) in [5.41, 5.74) is 1.31. The number of hydrogen-bond acceptors (Lipinski definition) is 4. The molecule has 0 spiro atoms. The minimum Gasteiger partial charge on any atom is -0.468 e. The van der Waals surface area contributed by atoms with Gasteiger partial charge in [0.1, 0.15) is 5.76 Å². The molecule has 0 aliphatic heterocycles. The third-order valence-electron chi connectivity index (χ3n) is 3.01. The van der Waals surface area contributed by atoms with Crippen LogP contribution >= 0.6 is 0 Å². The van der Waals surface area contributed by atoms with Crippen LogP contribution in [0.15, 0.2) is 29.4 Å². The molecule has 114 valence electrons. The summed E-state index contributed by atoms with van der Waals surface area (Å²) in [7, 11) is 1.72. The number of nitrogens with zero attached hydrogens (tertiary/aromatic N) is 1. The minimum absolute atomic E-state index is 0.0842. The molecule has 4 heteroatoms. The largest absolute Gasteiger partial charge is 0.468 e. The van der Waals surface area contributed by atoms with Crippen LogP contribution in [-0.4, -0.2) is 37.2 Å². The molecule has 1 aromatic heterocycles. The normalized spacial score (nSPS) is 12.1. The third kappa shape index (κ3) is 6.37. The van der Waals surface area contributed by atoms with E-state index in [1.165, 1.54) is 5.56 Å². The van der Waals surface area contributed by atoms with E-state index in [-0.39, 0.29) is 5.54 Å². The van der Waals surface area contributed by atoms with Crippen LogP contribution in [0.3, 0.4) is 0 Å². The first-order chi connectivity index (χ1) is 9.46. The Morgan fingerprint density at radius 2 is 2.20 bits per heavy atom. The highest BCUT2D eigenvalue weighted by Gasteiger charge is 2.14. The lowest BCUT2D eigenvalue weighted by Crippen LogP contribution is -2.35. The Morgan fingerprint density at radius 3 is 2.80 bits per heavy atom. The van der Waals surface area contributed by atoms with Crippen molar-refractivity contribution in [2.45, 2.75) is 39.4 Å². The first kappa shape index (κ1) is 17.0. The molecular formula is C16H28N2O2. The lowest BCUT2D eigenvalue weighted by molar-refractivity contribution is 0.150. The van der Waals surface area contributed by atoms with Crippen molar-refractivity contribution in [2.24, 2.45) is 0 Å². The third-order valence-corrected chi connectivity index (χ3v) is 3.01. The van der Waals surface area contributed by atoms with Crippen LogP contribution in [0.4, 0.5) is 0 Å². The van der Waals surface area contributed by atoms with E-state index in [1.807, 2.05) is 12.1 Å². The molecule has 0 aliphatic carbocycles. The van der Waals surface area contributed by atoms with Gasteiger partial charge in [-0.05, 0) is 26.8 Å². The summed E-state index contributed by atoms with van der Waals surface area (Å²) in [5, 5.41) is 3.46.